The van der Waals surface area contributed by atoms with Crippen LogP contribution >= 0.6 is 0 Å². The van der Waals surface area contributed by atoms with E-state index in [1.54, 1.807) is 36.7 Å². The molecule has 3 rings (SSSR count). The van der Waals surface area contributed by atoms with E-state index in [1.807, 2.05) is 6.07 Å². The van der Waals surface area contributed by atoms with Crippen LogP contribution < -0.4 is 4.74 Å². The standard InChI is InChI=1S/C17H12FNO2/c1-21-12-5-6-15(16(18)9-12)17(20)14-4-2-3-11-10-19-8-7-13(11)14/h2-10H,1H3. The Morgan fingerprint density at radius 3 is 2.76 bits per heavy atom. The van der Waals surface area contributed by atoms with Gasteiger partial charge in [0.1, 0.15) is 11.6 Å². The summed E-state index contributed by atoms with van der Waals surface area (Å²) in [5.74, 6) is -0.566. The first kappa shape index (κ1) is 13.2. The lowest BCUT2D eigenvalue weighted by atomic mass is 9.98. The number of fused-ring (bicyclic) bond motifs is 1. The van der Waals surface area contributed by atoms with Crippen LogP contribution in [0.2, 0.25) is 0 Å². The highest BCUT2D eigenvalue weighted by Gasteiger charge is 2.16. The molecule has 0 atom stereocenters. The van der Waals surface area contributed by atoms with Crippen molar-refractivity contribution in [3.05, 3.63) is 71.8 Å². The van der Waals surface area contributed by atoms with Gasteiger partial charge in [-0.1, -0.05) is 18.2 Å². The van der Waals surface area contributed by atoms with Crippen molar-refractivity contribution in [1.82, 2.24) is 4.98 Å². The number of halogens is 1. The molecule has 4 heteroatoms. The van der Waals surface area contributed by atoms with E-state index in [0.717, 1.165) is 10.8 Å². The lowest BCUT2D eigenvalue weighted by molar-refractivity contribution is 0.103. The summed E-state index contributed by atoms with van der Waals surface area (Å²) in [5.41, 5.74) is 0.485. The average Bonchev–Trinajstić information content (AvgIpc) is 2.53. The molecule has 0 unspecified atom stereocenters. The topological polar surface area (TPSA) is 39.2 Å². The van der Waals surface area contributed by atoms with Gasteiger partial charge in [-0.3, -0.25) is 9.78 Å². The molecule has 3 nitrogen and oxygen atoms in total. The van der Waals surface area contributed by atoms with Crippen molar-refractivity contribution in [2.45, 2.75) is 0 Å². The molecular weight excluding hydrogens is 269 g/mol. The molecule has 0 aliphatic heterocycles. The second kappa shape index (κ2) is 5.32. The summed E-state index contributed by atoms with van der Waals surface area (Å²) in [7, 11) is 1.45. The second-order valence-electron chi connectivity index (χ2n) is 4.58. The fourth-order valence-corrected chi connectivity index (χ4v) is 2.27. The molecule has 1 heterocycles. The summed E-state index contributed by atoms with van der Waals surface area (Å²) >= 11 is 0. The third-order valence-electron chi connectivity index (χ3n) is 3.35. The van der Waals surface area contributed by atoms with Gasteiger partial charge in [-0.15, -0.1) is 0 Å². The molecule has 1 aromatic heterocycles. The number of hydrogen-bond donors (Lipinski definition) is 0. The molecule has 0 radical (unpaired) electrons. The molecule has 104 valence electrons. The number of carbonyl (C=O) groups excluding carboxylic acids is 1. The SMILES string of the molecule is COc1ccc(C(=O)c2cccc3cnccc23)c(F)c1. The number of ketones is 1. The quantitative estimate of drug-likeness (QED) is 0.688. The smallest absolute Gasteiger partial charge is 0.196 e. The van der Waals surface area contributed by atoms with E-state index in [9.17, 15) is 9.18 Å². The lowest BCUT2D eigenvalue weighted by Crippen LogP contribution is -2.05. The molecule has 0 fully saturated rings. The Kier molecular flexibility index (Phi) is 3.36. The minimum Gasteiger partial charge on any atom is -0.497 e. The first-order chi connectivity index (χ1) is 10.2. The number of aromatic nitrogens is 1. The van der Waals surface area contributed by atoms with Gasteiger partial charge in [-0.25, -0.2) is 4.39 Å². The summed E-state index contributed by atoms with van der Waals surface area (Å²) < 4.78 is 19.0. The maximum absolute atomic E-state index is 14.1. The highest BCUT2D eigenvalue weighted by atomic mass is 19.1. The maximum atomic E-state index is 14.1. The molecule has 21 heavy (non-hydrogen) atoms. The van der Waals surface area contributed by atoms with Gasteiger partial charge in [0, 0.05) is 29.4 Å². The van der Waals surface area contributed by atoms with E-state index >= 15 is 0 Å². The molecule has 0 aliphatic rings. The van der Waals surface area contributed by atoms with Gasteiger partial charge in [-0.2, -0.15) is 0 Å². The van der Waals surface area contributed by atoms with E-state index in [-0.39, 0.29) is 11.3 Å². The molecule has 0 spiro atoms. The van der Waals surface area contributed by atoms with Crippen molar-refractivity contribution in [3.8, 4) is 5.75 Å². The number of pyridine rings is 1. The van der Waals surface area contributed by atoms with Gasteiger partial charge < -0.3 is 4.74 Å². The Morgan fingerprint density at radius 2 is 2.00 bits per heavy atom. The normalized spacial score (nSPS) is 10.6. The Balaban J connectivity index is 2.13. The summed E-state index contributed by atoms with van der Waals surface area (Å²) in [6.07, 6.45) is 3.29. The van der Waals surface area contributed by atoms with Crippen molar-refractivity contribution in [1.29, 1.82) is 0 Å². The molecule has 2 aromatic carbocycles. The van der Waals surface area contributed by atoms with Crippen LogP contribution in [0.5, 0.6) is 5.75 Å². The molecule has 3 aromatic rings. The van der Waals surface area contributed by atoms with Crippen LogP contribution in [0.3, 0.4) is 0 Å². The number of nitrogens with zero attached hydrogens (tertiary/aromatic N) is 1. The van der Waals surface area contributed by atoms with Crippen LogP contribution in [0.25, 0.3) is 10.8 Å². The zero-order valence-corrected chi connectivity index (χ0v) is 11.3. The fraction of sp³-hybridized carbons (Fsp3) is 0.0588. The van der Waals surface area contributed by atoms with E-state index < -0.39 is 5.82 Å². The highest BCUT2D eigenvalue weighted by molar-refractivity contribution is 6.16. The van der Waals surface area contributed by atoms with Gasteiger partial charge >= 0.3 is 0 Å². The predicted molar refractivity (Wildman–Crippen MR) is 78.1 cm³/mol. The average molecular weight is 281 g/mol. The number of ether oxygens (including phenoxy) is 1. The number of hydrogen-bond acceptors (Lipinski definition) is 3. The number of carbonyl (C=O) groups is 1. The van der Waals surface area contributed by atoms with Gasteiger partial charge in [0.2, 0.25) is 0 Å². The van der Waals surface area contributed by atoms with Crippen molar-refractivity contribution < 1.29 is 13.9 Å². The summed E-state index contributed by atoms with van der Waals surface area (Å²) in [4.78, 5) is 16.6. The van der Waals surface area contributed by atoms with Crippen LogP contribution in [0.1, 0.15) is 15.9 Å². The first-order valence-electron chi connectivity index (χ1n) is 6.41. The van der Waals surface area contributed by atoms with Crippen LogP contribution in [0.4, 0.5) is 4.39 Å². The fourth-order valence-electron chi connectivity index (χ4n) is 2.27. The van der Waals surface area contributed by atoms with Gasteiger partial charge in [0.25, 0.3) is 0 Å². The molecule has 0 saturated heterocycles. The predicted octanol–water partition coefficient (Wildman–Crippen LogP) is 3.61. The summed E-state index contributed by atoms with van der Waals surface area (Å²) in [6.45, 7) is 0. The van der Waals surface area contributed by atoms with Gasteiger partial charge in [-0.05, 0) is 23.6 Å². The van der Waals surface area contributed by atoms with Crippen LogP contribution in [0.15, 0.2) is 54.9 Å². The Bertz CT molecular complexity index is 825. The maximum Gasteiger partial charge on any atom is 0.196 e. The van der Waals surface area contributed by atoms with Crippen molar-refractivity contribution in [2.24, 2.45) is 0 Å². The monoisotopic (exact) mass is 281 g/mol. The van der Waals surface area contributed by atoms with E-state index in [2.05, 4.69) is 4.98 Å². The Hall–Kier alpha value is -2.75. The number of benzene rings is 2. The zero-order chi connectivity index (χ0) is 14.8. The minimum atomic E-state index is -0.592. The molecule has 0 bridgehead atoms. The molecule has 0 amide bonds. The second-order valence-corrected chi connectivity index (χ2v) is 4.58. The minimum absolute atomic E-state index is 0.0279. The molecule has 0 aliphatic carbocycles. The molecule has 0 saturated carbocycles. The number of methoxy groups -OCH3 is 1. The van der Waals surface area contributed by atoms with Crippen LogP contribution in [0, 0.1) is 5.82 Å². The van der Waals surface area contributed by atoms with E-state index in [0.29, 0.717) is 11.3 Å². The third-order valence-corrected chi connectivity index (χ3v) is 3.35. The Labute approximate surface area is 121 Å². The third kappa shape index (κ3) is 2.36. The van der Waals surface area contributed by atoms with E-state index in [4.69, 9.17) is 4.74 Å². The summed E-state index contributed by atoms with van der Waals surface area (Å²) in [6, 6.07) is 11.3. The zero-order valence-electron chi connectivity index (χ0n) is 11.3. The highest BCUT2D eigenvalue weighted by Crippen LogP contribution is 2.23. The van der Waals surface area contributed by atoms with Gasteiger partial charge in [0.15, 0.2) is 5.78 Å². The van der Waals surface area contributed by atoms with E-state index in [1.165, 1.54) is 19.2 Å². The summed E-state index contributed by atoms with van der Waals surface area (Å²) in [5, 5.41) is 1.60. The van der Waals surface area contributed by atoms with Crippen molar-refractivity contribution >= 4 is 16.6 Å². The van der Waals surface area contributed by atoms with Gasteiger partial charge in [0.05, 0.1) is 12.7 Å². The first-order valence-corrected chi connectivity index (χ1v) is 6.41. The van der Waals surface area contributed by atoms with Crippen LogP contribution in [-0.4, -0.2) is 17.9 Å². The molecular formula is C17H12FNO2. The number of rotatable bonds is 3. The molecule has 0 N–H and O–H groups in total. The largest absolute Gasteiger partial charge is 0.497 e. The van der Waals surface area contributed by atoms with Crippen molar-refractivity contribution in [3.63, 3.8) is 0 Å². The Morgan fingerprint density at radius 1 is 1.14 bits per heavy atom. The van der Waals surface area contributed by atoms with Crippen LogP contribution in [-0.2, 0) is 0 Å². The lowest BCUT2D eigenvalue weighted by Gasteiger charge is -2.07. The van der Waals surface area contributed by atoms with Crippen molar-refractivity contribution in [2.75, 3.05) is 7.11 Å².